The van der Waals surface area contributed by atoms with E-state index in [1.54, 1.807) is 6.20 Å². The van der Waals surface area contributed by atoms with E-state index in [1.165, 1.54) is 0 Å². The van der Waals surface area contributed by atoms with Crippen LogP contribution in [0.4, 0.5) is 0 Å². The molecule has 1 aromatic carbocycles. The molecule has 24 heavy (non-hydrogen) atoms. The number of amides is 1. The molecule has 0 saturated carbocycles. The number of aryl methyl sites for hydroxylation is 1. The van der Waals surface area contributed by atoms with Gasteiger partial charge in [-0.25, -0.2) is 4.98 Å². The van der Waals surface area contributed by atoms with Crippen molar-refractivity contribution in [3.05, 3.63) is 48.5 Å². The van der Waals surface area contributed by atoms with Crippen molar-refractivity contribution in [1.29, 1.82) is 0 Å². The van der Waals surface area contributed by atoms with Crippen molar-refractivity contribution in [2.75, 3.05) is 26.2 Å². The molecule has 1 amide bonds. The maximum atomic E-state index is 12.6. The summed E-state index contributed by atoms with van der Waals surface area (Å²) in [5.41, 5.74) is 0. The van der Waals surface area contributed by atoms with Crippen molar-refractivity contribution in [1.82, 2.24) is 19.8 Å². The van der Waals surface area contributed by atoms with E-state index in [9.17, 15) is 4.79 Å². The van der Waals surface area contributed by atoms with E-state index in [0.29, 0.717) is 19.6 Å². The number of hydrogen-bond donors (Lipinski definition) is 1. The first kappa shape index (κ1) is 18.3. The molecule has 1 aromatic heterocycles. The van der Waals surface area contributed by atoms with Gasteiger partial charge in [-0.2, -0.15) is 0 Å². The van der Waals surface area contributed by atoms with Gasteiger partial charge in [0.05, 0.1) is 13.0 Å². The van der Waals surface area contributed by atoms with Gasteiger partial charge in [-0.1, -0.05) is 18.2 Å². The van der Waals surface area contributed by atoms with Gasteiger partial charge in [0.15, 0.2) is 0 Å². The summed E-state index contributed by atoms with van der Waals surface area (Å²) in [6.45, 7) is 2.63. The van der Waals surface area contributed by atoms with Crippen LogP contribution in [-0.2, 0) is 11.8 Å². The number of carbonyl (C=O) groups excluding carboxylic acids is 1. The summed E-state index contributed by atoms with van der Waals surface area (Å²) in [5.74, 6) is 1.81. The fourth-order valence-corrected chi connectivity index (χ4v) is 2.85. The Morgan fingerprint density at radius 1 is 1.38 bits per heavy atom. The van der Waals surface area contributed by atoms with Gasteiger partial charge in [-0.15, -0.1) is 12.4 Å². The Balaban J connectivity index is 0.00000208. The highest BCUT2D eigenvalue weighted by atomic mass is 35.5. The molecular formula is C17H23ClN4O2. The highest BCUT2D eigenvalue weighted by Crippen LogP contribution is 2.21. The third-order valence-electron chi connectivity index (χ3n) is 4.05. The summed E-state index contributed by atoms with van der Waals surface area (Å²) in [7, 11) is 1.96. The van der Waals surface area contributed by atoms with Gasteiger partial charge in [-0.3, -0.25) is 4.79 Å². The molecule has 1 N–H and O–H groups in total. The molecule has 0 bridgehead atoms. The monoisotopic (exact) mass is 350 g/mol. The zero-order chi connectivity index (χ0) is 16.1. The summed E-state index contributed by atoms with van der Waals surface area (Å²) in [6, 6.07) is 9.55. The molecule has 2 aromatic rings. The number of hydrogen-bond acceptors (Lipinski definition) is 4. The Labute approximate surface area is 148 Å². The standard InChI is InChI=1S/C17H22N4O2.ClH/c1-20-10-9-19-17(20)15-13-18-8-11-21(15)16(22)7-12-23-14-5-3-2-4-6-14;/h2-6,9-10,15,18H,7-8,11-13H2,1H3;1H. The number of halogens is 1. The smallest absolute Gasteiger partial charge is 0.226 e. The van der Waals surface area contributed by atoms with Crippen molar-refractivity contribution < 1.29 is 9.53 Å². The van der Waals surface area contributed by atoms with E-state index >= 15 is 0 Å². The number of nitrogens with zero attached hydrogens (tertiary/aromatic N) is 3. The maximum absolute atomic E-state index is 12.6. The molecule has 1 aliphatic heterocycles. The van der Waals surface area contributed by atoms with Crippen LogP contribution in [0.3, 0.4) is 0 Å². The third-order valence-corrected chi connectivity index (χ3v) is 4.05. The summed E-state index contributed by atoms with van der Waals surface area (Å²) in [5, 5.41) is 3.34. The van der Waals surface area contributed by atoms with Crippen molar-refractivity contribution in [3.8, 4) is 5.75 Å². The zero-order valence-corrected chi connectivity index (χ0v) is 14.5. The quantitative estimate of drug-likeness (QED) is 0.893. The molecule has 7 heteroatoms. The average Bonchev–Trinajstić information content (AvgIpc) is 3.01. The molecule has 1 fully saturated rings. The number of para-hydroxylation sites is 1. The molecule has 130 valence electrons. The number of ether oxygens (including phenoxy) is 1. The van der Waals surface area contributed by atoms with Crippen LogP contribution in [0.2, 0.25) is 0 Å². The van der Waals surface area contributed by atoms with Crippen LogP contribution in [0.1, 0.15) is 18.3 Å². The average molecular weight is 351 g/mol. The second-order valence-electron chi connectivity index (χ2n) is 5.61. The number of carbonyl (C=O) groups is 1. The van der Waals surface area contributed by atoms with Crippen molar-refractivity contribution >= 4 is 18.3 Å². The first-order chi connectivity index (χ1) is 11.3. The minimum Gasteiger partial charge on any atom is -0.493 e. The first-order valence-corrected chi connectivity index (χ1v) is 7.91. The molecule has 6 nitrogen and oxygen atoms in total. The highest BCUT2D eigenvalue weighted by Gasteiger charge is 2.30. The fraction of sp³-hybridized carbons (Fsp3) is 0.412. The molecule has 1 aliphatic rings. The molecule has 2 heterocycles. The minimum absolute atomic E-state index is 0. The molecule has 0 radical (unpaired) electrons. The topological polar surface area (TPSA) is 59.4 Å². The number of rotatable bonds is 5. The summed E-state index contributed by atoms with van der Waals surface area (Å²) >= 11 is 0. The van der Waals surface area contributed by atoms with E-state index in [-0.39, 0.29) is 24.4 Å². The minimum atomic E-state index is -0.0204. The van der Waals surface area contributed by atoms with Crippen LogP contribution in [-0.4, -0.2) is 46.6 Å². The lowest BCUT2D eigenvalue weighted by Crippen LogP contribution is -2.49. The number of benzene rings is 1. The number of imidazole rings is 1. The lowest BCUT2D eigenvalue weighted by molar-refractivity contribution is -0.135. The van der Waals surface area contributed by atoms with Crippen LogP contribution in [0.15, 0.2) is 42.7 Å². The Morgan fingerprint density at radius 3 is 2.88 bits per heavy atom. The van der Waals surface area contributed by atoms with E-state index < -0.39 is 0 Å². The predicted octanol–water partition coefficient (Wildman–Crippen LogP) is 1.78. The molecule has 0 spiro atoms. The SMILES string of the molecule is Cl.Cn1ccnc1C1CNCCN1C(=O)CCOc1ccccc1. The van der Waals surface area contributed by atoms with Crippen molar-refractivity contribution in [2.45, 2.75) is 12.5 Å². The van der Waals surface area contributed by atoms with Crippen molar-refractivity contribution in [3.63, 3.8) is 0 Å². The molecule has 3 rings (SSSR count). The molecule has 1 saturated heterocycles. The second kappa shape index (κ2) is 8.70. The van der Waals surface area contributed by atoms with Gasteiger partial charge in [0.25, 0.3) is 0 Å². The normalized spacial score (nSPS) is 17.2. The van der Waals surface area contributed by atoms with E-state index in [2.05, 4.69) is 10.3 Å². The van der Waals surface area contributed by atoms with E-state index in [4.69, 9.17) is 4.74 Å². The van der Waals surface area contributed by atoms with E-state index in [1.807, 2.05) is 53.0 Å². The first-order valence-electron chi connectivity index (χ1n) is 7.91. The number of aromatic nitrogens is 2. The number of nitrogens with one attached hydrogen (secondary N) is 1. The van der Waals surface area contributed by atoms with E-state index in [0.717, 1.165) is 24.7 Å². The summed E-state index contributed by atoms with van der Waals surface area (Å²) in [4.78, 5) is 18.9. The Kier molecular flexibility index (Phi) is 6.63. The van der Waals surface area contributed by atoms with Crippen LogP contribution in [0.25, 0.3) is 0 Å². The van der Waals surface area contributed by atoms with Crippen LogP contribution < -0.4 is 10.1 Å². The highest BCUT2D eigenvalue weighted by molar-refractivity contribution is 5.85. The third kappa shape index (κ3) is 4.27. The Bertz CT molecular complexity index is 647. The predicted molar refractivity (Wildman–Crippen MR) is 94.3 cm³/mol. The number of piperazine rings is 1. The fourth-order valence-electron chi connectivity index (χ4n) is 2.85. The maximum Gasteiger partial charge on any atom is 0.226 e. The lowest BCUT2D eigenvalue weighted by atomic mass is 10.1. The lowest BCUT2D eigenvalue weighted by Gasteiger charge is -2.35. The van der Waals surface area contributed by atoms with Gasteiger partial charge in [0.2, 0.25) is 5.91 Å². The zero-order valence-electron chi connectivity index (χ0n) is 13.7. The molecule has 0 aliphatic carbocycles. The summed E-state index contributed by atoms with van der Waals surface area (Å²) in [6.07, 6.45) is 4.05. The second-order valence-corrected chi connectivity index (χ2v) is 5.61. The van der Waals surface area contributed by atoms with Gasteiger partial charge in [0.1, 0.15) is 17.6 Å². The summed E-state index contributed by atoms with van der Waals surface area (Å²) < 4.78 is 7.60. The van der Waals surface area contributed by atoms with Crippen LogP contribution in [0, 0.1) is 0 Å². The van der Waals surface area contributed by atoms with Crippen molar-refractivity contribution in [2.24, 2.45) is 7.05 Å². The Hall–Kier alpha value is -2.05. The van der Waals surface area contributed by atoms with Gasteiger partial charge < -0.3 is 19.5 Å². The molecule has 1 atom stereocenters. The van der Waals surface area contributed by atoms with Crippen LogP contribution in [0.5, 0.6) is 5.75 Å². The molecular weight excluding hydrogens is 328 g/mol. The van der Waals surface area contributed by atoms with Gasteiger partial charge in [-0.05, 0) is 12.1 Å². The Morgan fingerprint density at radius 2 is 2.17 bits per heavy atom. The largest absolute Gasteiger partial charge is 0.493 e. The molecule has 1 unspecified atom stereocenters. The van der Waals surface area contributed by atoms with Gasteiger partial charge in [0, 0.05) is 39.1 Å². The van der Waals surface area contributed by atoms with Gasteiger partial charge >= 0.3 is 0 Å². The van der Waals surface area contributed by atoms with Crippen LogP contribution >= 0.6 is 12.4 Å².